The van der Waals surface area contributed by atoms with Gasteiger partial charge in [0.15, 0.2) is 17.2 Å². The van der Waals surface area contributed by atoms with Gasteiger partial charge in [0.05, 0.1) is 12.8 Å². The summed E-state index contributed by atoms with van der Waals surface area (Å²) in [4.78, 5) is 0. The first-order valence-corrected chi connectivity index (χ1v) is 5.44. The summed E-state index contributed by atoms with van der Waals surface area (Å²) in [6.45, 7) is 0. The number of benzene rings is 2. The lowest BCUT2D eigenvalue weighted by Crippen LogP contribution is -1.94. The van der Waals surface area contributed by atoms with Gasteiger partial charge in [-0.25, -0.2) is 0 Å². The van der Waals surface area contributed by atoms with E-state index in [-0.39, 0.29) is 0 Å². The fraction of sp³-hybridized carbons (Fsp3) is 0.0769. The van der Waals surface area contributed by atoms with Crippen molar-refractivity contribution in [2.24, 2.45) is 0 Å². The molecule has 0 amide bonds. The third kappa shape index (κ3) is 2.63. The highest BCUT2D eigenvalue weighted by Crippen LogP contribution is 2.34. The minimum absolute atomic E-state index is 0.516. The molecule has 2 N–H and O–H groups in total. The highest BCUT2D eigenvalue weighted by atomic mass is 35.5. The number of methoxy groups -OCH3 is 1. The van der Waals surface area contributed by atoms with Crippen LogP contribution in [0.4, 0.5) is 5.69 Å². The SMILES string of the molecule is COc1ccccc1Oc1cc(Cl)ccc1N. The summed E-state index contributed by atoms with van der Waals surface area (Å²) in [6, 6.07) is 12.4. The number of para-hydroxylation sites is 2. The molecule has 0 unspecified atom stereocenters. The standard InChI is InChI=1S/C13H12ClNO2/c1-16-11-4-2-3-5-12(11)17-13-8-9(14)6-7-10(13)15/h2-8H,15H2,1H3. The maximum absolute atomic E-state index is 5.89. The second kappa shape index (κ2) is 4.97. The fourth-order valence-electron chi connectivity index (χ4n) is 1.42. The van der Waals surface area contributed by atoms with Gasteiger partial charge in [0.1, 0.15) is 0 Å². The quantitative estimate of drug-likeness (QED) is 0.843. The minimum atomic E-state index is 0.516. The van der Waals surface area contributed by atoms with E-state index in [1.54, 1.807) is 31.4 Å². The van der Waals surface area contributed by atoms with Gasteiger partial charge in [-0.1, -0.05) is 23.7 Å². The summed E-state index contributed by atoms with van der Waals surface area (Å²) in [6.07, 6.45) is 0. The minimum Gasteiger partial charge on any atom is -0.493 e. The van der Waals surface area contributed by atoms with Gasteiger partial charge in [-0.2, -0.15) is 0 Å². The molecule has 3 nitrogen and oxygen atoms in total. The van der Waals surface area contributed by atoms with Gasteiger partial charge in [0.25, 0.3) is 0 Å². The smallest absolute Gasteiger partial charge is 0.169 e. The third-order valence-corrected chi connectivity index (χ3v) is 2.50. The van der Waals surface area contributed by atoms with E-state index in [0.29, 0.717) is 28.0 Å². The molecule has 0 radical (unpaired) electrons. The van der Waals surface area contributed by atoms with Crippen LogP contribution in [0, 0.1) is 0 Å². The maximum Gasteiger partial charge on any atom is 0.169 e. The Morgan fingerprint density at radius 3 is 2.41 bits per heavy atom. The molecule has 0 heterocycles. The topological polar surface area (TPSA) is 44.5 Å². The van der Waals surface area contributed by atoms with Crippen LogP contribution in [-0.4, -0.2) is 7.11 Å². The number of hydrogen-bond acceptors (Lipinski definition) is 3. The lowest BCUT2D eigenvalue weighted by molar-refractivity contribution is 0.379. The maximum atomic E-state index is 5.89. The van der Waals surface area contributed by atoms with E-state index in [1.165, 1.54) is 0 Å². The van der Waals surface area contributed by atoms with Crippen LogP contribution < -0.4 is 15.2 Å². The monoisotopic (exact) mass is 249 g/mol. The molecule has 0 aromatic heterocycles. The van der Waals surface area contributed by atoms with Crippen molar-refractivity contribution in [3.63, 3.8) is 0 Å². The van der Waals surface area contributed by atoms with Gasteiger partial charge < -0.3 is 15.2 Å². The lowest BCUT2D eigenvalue weighted by atomic mass is 10.3. The number of ether oxygens (including phenoxy) is 2. The Morgan fingerprint density at radius 1 is 1.00 bits per heavy atom. The van der Waals surface area contributed by atoms with Crippen molar-refractivity contribution >= 4 is 17.3 Å². The summed E-state index contributed by atoms with van der Waals surface area (Å²) >= 11 is 5.89. The van der Waals surface area contributed by atoms with Crippen molar-refractivity contribution in [1.82, 2.24) is 0 Å². The molecule has 17 heavy (non-hydrogen) atoms. The van der Waals surface area contributed by atoms with Crippen LogP contribution in [0.2, 0.25) is 5.02 Å². The van der Waals surface area contributed by atoms with Gasteiger partial charge >= 0.3 is 0 Å². The predicted octanol–water partition coefficient (Wildman–Crippen LogP) is 3.72. The zero-order valence-electron chi connectivity index (χ0n) is 9.31. The fourth-order valence-corrected chi connectivity index (χ4v) is 1.58. The van der Waals surface area contributed by atoms with Crippen molar-refractivity contribution in [3.8, 4) is 17.2 Å². The first kappa shape index (κ1) is 11.6. The van der Waals surface area contributed by atoms with Crippen molar-refractivity contribution in [2.75, 3.05) is 12.8 Å². The Morgan fingerprint density at radius 2 is 1.71 bits per heavy atom. The van der Waals surface area contributed by atoms with E-state index in [0.717, 1.165) is 0 Å². The van der Waals surface area contributed by atoms with E-state index in [1.807, 2.05) is 18.2 Å². The lowest BCUT2D eigenvalue weighted by Gasteiger charge is -2.11. The second-order valence-electron chi connectivity index (χ2n) is 3.44. The van der Waals surface area contributed by atoms with Crippen LogP contribution in [0.1, 0.15) is 0 Å². The van der Waals surface area contributed by atoms with Gasteiger partial charge in [-0.15, -0.1) is 0 Å². The molecule has 0 aliphatic heterocycles. The van der Waals surface area contributed by atoms with Gasteiger partial charge in [0.2, 0.25) is 0 Å². The molecule has 0 aliphatic carbocycles. The Bertz CT molecular complexity index is 529. The molecule has 2 rings (SSSR count). The first-order valence-electron chi connectivity index (χ1n) is 5.06. The molecule has 2 aromatic carbocycles. The van der Waals surface area contributed by atoms with Crippen LogP contribution in [-0.2, 0) is 0 Å². The van der Waals surface area contributed by atoms with Crippen LogP contribution in [0.25, 0.3) is 0 Å². The summed E-state index contributed by atoms with van der Waals surface area (Å²) in [5.41, 5.74) is 6.33. The van der Waals surface area contributed by atoms with Crippen LogP contribution in [0.3, 0.4) is 0 Å². The molecule has 0 spiro atoms. The van der Waals surface area contributed by atoms with E-state index in [2.05, 4.69) is 0 Å². The molecule has 0 saturated heterocycles. The van der Waals surface area contributed by atoms with E-state index < -0.39 is 0 Å². The van der Waals surface area contributed by atoms with Gasteiger partial charge in [0, 0.05) is 11.1 Å². The highest BCUT2D eigenvalue weighted by Gasteiger charge is 2.07. The molecular weight excluding hydrogens is 238 g/mol. The molecule has 0 fully saturated rings. The number of rotatable bonds is 3. The molecule has 88 valence electrons. The van der Waals surface area contributed by atoms with Crippen molar-refractivity contribution in [2.45, 2.75) is 0 Å². The molecule has 0 atom stereocenters. The zero-order chi connectivity index (χ0) is 12.3. The summed E-state index contributed by atoms with van der Waals surface area (Å²) in [5.74, 6) is 1.76. The van der Waals surface area contributed by atoms with Gasteiger partial charge in [-0.05, 0) is 24.3 Å². The Labute approximate surface area is 105 Å². The highest BCUT2D eigenvalue weighted by molar-refractivity contribution is 6.30. The zero-order valence-corrected chi connectivity index (χ0v) is 10.1. The Kier molecular flexibility index (Phi) is 3.40. The third-order valence-electron chi connectivity index (χ3n) is 2.26. The van der Waals surface area contributed by atoms with E-state index >= 15 is 0 Å². The predicted molar refractivity (Wildman–Crippen MR) is 68.9 cm³/mol. The van der Waals surface area contributed by atoms with Crippen LogP contribution in [0.15, 0.2) is 42.5 Å². The average molecular weight is 250 g/mol. The Balaban J connectivity index is 2.34. The van der Waals surface area contributed by atoms with Crippen molar-refractivity contribution < 1.29 is 9.47 Å². The van der Waals surface area contributed by atoms with E-state index in [9.17, 15) is 0 Å². The number of anilines is 1. The summed E-state index contributed by atoms with van der Waals surface area (Å²) < 4.78 is 10.9. The number of nitrogens with two attached hydrogens (primary N) is 1. The van der Waals surface area contributed by atoms with Crippen molar-refractivity contribution in [3.05, 3.63) is 47.5 Å². The largest absolute Gasteiger partial charge is 0.493 e. The first-order chi connectivity index (χ1) is 8.20. The Hall–Kier alpha value is -1.87. The number of halogens is 1. The van der Waals surface area contributed by atoms with E-state index in [4.69, 9.17) is 26.8 Å². The number of nitrogen functional groups attached to an aromatic ring is 1. The van der Waals surface area contributed by atoms with Gasteiger partial charge in [-0.3, -0.25) is 0 Å². The summed E-state index contributed by atoms with van der Waals surface area (Å²) in [7, 11) is 1.59. The molecular formula is C13H12ClNO2. The molecule has 0 saturated carbocycles. The summed E-state index contributed by atoms with van der Waals surface area (Å²) in [5, 5.41) is 0.573. The molecule has 0 bridgehead atoms. The molecule has 2 aromatic rings. The molecule has 4 heteroatoms. The molecule has 0 aliphatic rings. The van der Waals surface area contributed by atoms with Crippen LogP contribution in [0.5, 0.6) is 17.2 Å². The average Bonchev–Trinajstić information content (AvgIpc) is 2.34. The normalized spacial score (nSPS) is 10.0. The number of hydrogen-bond donors (Lipinski definition) is 1. The van der Waals surface area contributed by atoms with Crippen LogP contribution >= 0.6 is 11.6 Å². The second-order valence-corrected chi connectivity index (χ2v) is 3.87. The van der Waals surface area contributed by atoms with Crippen molar-refractivity contribution in [1.29, 1.82) is 0 Å².